The van der Waals surface area contributed by atoms with E-state index in [-0.39, 0.29) is 17.4 Å². The van der Waals surface area contributed by atoms with Crippen LogP contribution in [0.1, 0.15) is 27.6 Å². The number of hydrogen-bond donors (Lipinski definition) is 2. The maximum Gasteiger partial charge on any atom is 0.330 e. The third kappa shape index (κ3) is 3.68. The number of carboxylic acid groups (broad SMARTS) is 1. The van der Waals surface area contributed by atoms with Crippen molar-refractivity contribution in [2.45, 2.75) is 6.92 Å². The summed E-state index contributed by atoms with van der Waals surface area (Å²) >= 11 is 0. The smallest absolute Gasteiger partial charge is 0.330 e. The van der Waals surface area contributed by atoms with Gasteiger partial charge >= 0.3 is 5.97 Å². The van der Waals surface area contributed by atoms with Crippen LogP contribution in [0.4, 0.5) is 5.69 Å². The molecule has 0 atom stereocenters. The van der Waals surface area contributed by atoms with Gasteiger partial charge in [0.05, 0.1) is 24.5 Å². The van der Waals surface area contributed by atoms with Crippen LogP contribution < -0.4 is 10.2 Å². The minimum absolute atomic E-state index is 0.176. The Balaban J connectivity index is 0.000000307. The van der Waals surface area contributed by atoms with E-state index < -0.39 is 5.97 Å². The van der Waals surface area contributed by atoms with Crippen molar-refractivity contribution in [3.8, 4) is 0 Å². The summed E-state index contributed by atoms with van der Waals surface area (Å²) in [6, 6.07) is 9.46. The molecule has 0 bridgehead atoms. The van der Waals surface area contributed by atoms with Gasteiger partial charge in [-0.2, -0.15) is 0 Å². The number of carbonyl (C=O) groups is 3. The Morgan fingerprint density at radius 2 is 1.81 bits per heavy atom. The summed E-state index contributed by atoms with van der Waals surface area (Å²) in [6.45, 7) is 7.41. The molecular weight excluding hydrogens is 348 g/mol. The molecule has 0 aromatic heterocycles. The van der Waals surface area contributed by atoms with Crippen LogP contribution >= 0.6 is 0 Å². The van der Waals surface area contributed by atoms with Crippen molar-refractivity contribution in [1.29, 1.82) is 0 Å². The van der Waals surface area contributed by atoms with Crippen molar-refractivity contribution < 1.29 is 24.2 Å². The first-order chi connectivity index (χ1) is 12.9. The molecule has 1 fully saturated rings. The van der Waals surface area contributed by atoms with Gasteiger partial charge in [-0.1, -0.05) is 24.8 Å². The number of imide groups is 1. The van der Waals surface area contributed by atoms with Crippen LogP contribution in [-0.4, -0.2) is 49.2 Å². The highest BCUT2D eigenvalue weighted by Gasteiger charge is 2.29. The summed E-state index contributed by atoms with van der Waals surface area (Å²) in [5, 5.41) is 12.0. The minimum Gasteiger partial charge on any atom is -0.478 e. The Morgan fingerprint density at radius 3 is 2.44 bits per heavy atom. The number of hydrogen-bond acceptors (Lipinski definition) is 5. The summed E-state index contributed by atoms with van der Waals surface area (Å²) in [4.78, 5) is 36.1. The van der Waals surface area contributed by atoms with E-state index in [1.807, 2.05) is 24.3 Å². The van der Waals surface area contributed by atoms with Crippen molar-refractivity contribution in [2.24, 2.45) is 0 Å². The topological polar surface area (TPSA) is 95.9 Å². The van der Waals surface area contributed by atoms with Gasteiger partial charge in [0.1, 0.15) is 0 Å². The molecule has 140 valence electrons. The van der Waals surface area contributed by atoms with Gasteiger partial charge in [0.15, 0.2) is 0 Å². The molecule has 2 aromatic carbocycles. The van der Waals surface area contributed by atoms with Crippen LogP contribution in [0, 0.1) is 0 Å². The summed E-state index contributed by atoms with van der Waals surface area (Å²) in [6.07, 6.45) is 0. The highest BCUT2D eigenvalue weighted by Crippen LogP contribution is 2.34. The highest BCUT2D eigenvalue weighted by molar-refractivity contribution is 6.27. The normalized spacial score (nSPS) is 15.7. The number of morpholine rings is 1. The predicted octanol–water partition coefficient (Wildman–Crippen LogP) is 2.21. The molecule has 0 radical (unpaired) electrons. The Morgan fingerprint density at radius 1 is 1.15 bits per heavy atom. The highest BCUT2D eigenvalue weighted by atomic mass is 16.5. The van der Waals surface area contributed by atoms with Gasteiger partial charge in [-0.25, -0.2) is 4.79 Å². The van der Waals surface area contributed by atoms with Gasteiger partial charge in [-0.05, 0) is 24.4 Å². The second kappa shape index (κ2) is 7.59. The molecule has 7 heteroatoms. The summed E-state index contributed by atoms with van der Waals surface area (Å²) < 4.78 is 5.37. The van der Waals surface area contributed by atoms with Gasteiger partial charge in [0.2, 0.25) is 0 Å². The number of ether oxygens (including phenoxy) is 1. The Labute approximate surface area is 156 Å². The number of nitrogens with zero attached hydrogens (tertiary/aromatic N) is 1. The maximum absolute atomic E-state index is 12.4. The molecular formula is C20H20N2O5. The Hall–Kier alpha value is -3.19. The zero-order valence-corrected chi connectivity index (χ0v) is 14.9. The van der Waals surface area contributed by atoms with E-state index in [4.69, 9.17) is 9.84 Å². The van der Waals surface area contributed by atoms with Crippen LogP contribution in [0.5, 0.6) is 0 Å². The van der Waals surface area contributed by atoms with Crippen LogP contribution in [0.25, 0.3) is 10.8 Å². The van der Waals surface area contributed by atoms with Crippen molar-refractivity contribution in [1.82, 2.24) is 5.32 Å². The number of aliphatic carboxylic acids is 1. The van der Waals surface area contributed by atoms with Gasteiger partial charge in [-0.3, -0.25) is 14.9 Å². The molecule has 2 aliphatic heterocycles. The number of benzene rings is 2. The molecule has 2 heterocycles. The standard InChI is InChI=1S/C16H14N2O3.C4H6O2/c19-15-11-3-1-2-10-4-5-12(18-6-8-21-9-7-18)14(13(10)11)16(20)17-15;1-3(2)4(5)6/h1-5H,6-9H2,(H,17,19,20);1H2,2H3,(H,5,6). The first-order valence-corrected chi connectivity index (χ1v) is 8.53. The van der Waals surface area contributed by atoms with E-state index in [2.05, 4.69) is 16.8 Å². The zero-order valence-electron chi connectivity index (χ0n) is 14.9. The molecule has 0 saturated carbocycles. The molecule has 2 aromatic rings. The predicted molar refractivity (Wildman–Crippen MR) is 101 cm³/mol. The largest absolute Gasteiger partial charge is 0.478 e. The number of carbonyl (C=O) groups excluding carboxylic acids is 2. The number of nitrogens with one attached hydrogen (secondary N) is 1. The monoisotopic (exact) mass is 368 g/mol. The minimum atomic E-state index is -0.935. The van der Waals surface area contributed by atoms with Gasteiger partial charge in [-0.15, -0.1) is 0 Å². The summed E-state index contributed by atoms with van der Waals surface area (Å²) in [7, 11) is 0. The van der Waals surface area contributed by atoms with Crippen molar-refractivity contribution >= 4 is 34.2 Å². The van der Waals surface area contributed by atoms with E-state index in [1.165, 1.54) is 6.92 Å². The number of carboxylic acids is 1. The molecule has 2 N–H and O–H groups in total. The molecule has 1 saturated heterocycles. The Bertz CT molecular complexity index is 933. The molecule has 4 rings (SSSR count). The van der Waals surface area contributed by atoms with E-state index in [0.717, 1.165) is 29.5 Å². The van der Waals surface area contributed by atoms with E-state index in [0.29, 0.717) is 24.3 Å². The quantitative estimate of drug-likeness (QED) is 0.623. The number of anilines is 1. The van der Waals surface area contributed by atoms with E-state index >= 15 is 0 Å². The molecule has 0 aliphatic carbocycles. The van der Waals surface area contributed by atoms with Crippen LogP contribution in [0.15, 0.2) is 42.5 Å². The van der Waals surface area contributed by atoms with Crippen molar-refractivity contribution in [3.05, 3.63) is 53.6 Å². The van der Waals surface area contributed by atoms with Crippen LogP contribution in [-0.2, 0) is 9.53 Å². The molecule has 7 nitrogen and oxygen atoms in total. The SMILES string of the molecule is C=C(C)C(=O)O.O=C1NC(=O)c2c(N3CCOCC3)ccc3cccc1c23. The van der Waals surface area contributed by atoms with E-state index in [9.17, 15) is 14.4 Å². The Kier molecular flexibility index (Phi) is 5.23. The molecule has 0 spiro atoms. The lowest BCUT2D eigenvalue weighted by molar-refractivity contribution is -0.132. The summed E-state index contributed by atoms with van der Waals surface area (Å²) in [5.74, 6) is -1.57. The lowest BCUT2D eigenvalue weighted by Gasteiger charge is -2.31. The third-order valence-corrected chi connectivity index (χ3v) is 4.44. The van der Waals surface area contributed by atoms with Gasteiger partial charge < -0.3 is 14.7 Å². The average Bonchev–Trinajstić information content (AvgIpc) is 2.66. The lowest BCUT2D eigenvalue weighted by atomic mass is 9.93. The maximum atomic E-state index is 12.4. The fraction of sp³-hybridized carbons (Fsp3) is 0.250. The fourth-order valence-electron chi connectivity index (χ4n) is 3.09. The molecule has 2 amide bonds. The third-order valence-electron chi connectivity index (χ3n) is 4.44. The van der Waals surface area contributed by atoms with Gasteiger partial charge in [0, 0.05) is 29.6 Å². The lowest BCUT2D eigenvalue weighted by Crippen LogP contribution is -2.40. The first-order valence-electron chi connectivity index (χ1n) is 8.53. The van der Waals surface area contributed by atoms with E-state index in [1.54, 1.807) is 6.07 Å². The zero-order chi connectivity index (χ0) is 19.6. The number of rotatable bonds is 2. The second-order valence-electron chi connectivity index (χ2n) is 6.33. The molecule has 0 unspecified atom stereocenters. The second-order valence-corrected chi connectivity index (χ2v) is 6.33. The molecule has 27 heavy (non-hydrogen) atoms. The van der Waals surface area contributed by atoms with Crippen molar-refractivity contribution in [2.75, 3.05) is 31.2 Å². The van der Waals surface area contributed by atoms with Crippen LogP contribution in [0.3, 0.4) is 0 Å². The molecule has 2 aliphatic rings. The van der Waals surface area contributed by atoms with Gasteiger partial charge in [0.25, 0.3) is 11.8 Å². The van der Waals surface area contributed by atoms with Crippen molar-refractivity contribution in [3.63, 3.8) is 0 Å². The van der Waals surface area contributed by atoms with Crippen LogP contribution in [0.2, 0.25) is 0 Å². The summed E-state index contributed by atoms with van der Waals surface area (Å²) in [5.41, 5.74) is 2.22. The first kappa shape index (κ1) is 18.6. The fourth-order valence-corrected chi connectivity index (χ4v) is 3.09. The average molecular weight is 368 g/mol. The number of amides is 2.